The SMILES string of the molecule is CC1CC(O)=C(C(C2=C(O)CC(C)OC2=O)c2ccc([N+](=O)[O-])cc2)C(=O)O1. The summed E-state index contributed by atoms with van der Waals surface area (Å²) >= 11 is 0. The molecule has 9 nitrogen and oxygen atoms in total. The summed E-state index contributed by atoms with van der Waals surface area (Å²) in [6.07, 6.45) is -1.00. The average molecular weight is 389 g/mol. The molecule has 3 rings (SSSR count). The van der Waals surface area contributed by atoms with Crippen LogP contribution >= 0.6 is 0 Å². The van der Waals surface area contributed by atoms with E-state index >= 15 is 0 Å². The maximum absolute atomic E-state index is 12.5. The first kappa shape index (κ1) is 19.4. The molecule has 28 heavy (non-hydrogen) atoms. The van der Waals surface area contributed by atoms with Gasteiger partial charge in [0.05, 0.1) is 22.0 Å². The van der Waals surface area contributed by atoms with Crippen LogP contribution in [0.3, 0.4) is 0 Å². The number of esters is 2. The summed E-state index contributed by atoms with van der Waals surface area (Å²) < 4.78 is 10.4. The smallest absolute Gasteiger partial charge is 0.338 e. The zero-order chi connectivity index (χ0) is 20.6. The molecule has 2 unspecified atom stereocenters. The third kappa shape index (κ3) is 3.55. The number of aliphatic hydroxyl groups excluding tert-OH is 2. The number of aliphatic hydroxyl groups is 2. The normalized spacial score (nSPS) is 23.9. The number of nitrogens with zero attached hydrogens (tertiary/aromatic N) is 1. The van der Waals surface area contributed by atoms with E-state index in [9.17, 15) is 29.9 Å². The molecular formula is C19H19NO8. The monoisotopic (exact) mass is 389 g/mol. The third-order valence-electron chi connectivity index (χ3n) is 4.65. The number of cyclic esters (lactones) is 2. The molecule has 0 bridgehead atoms. The van der Waals surface area contributed by atoms with Gasteiger partial charge < -0.3 is 19.7 Å². The second kappa shape index (κ2) is 7.34. The van der Waals surface area contributed by atoms with Crippen molar-refractivity contribution < 1.29 is 34.2 Å². The van der Waals surface area contributed by atoms with Gasteiger partial charge in [-0.05, 0) is 19.4 Å². The maximum Gasteiger partial charge on any atom is 0.338 e. The number of hydrogen-bond acceptors (Lipinski definition) is 8. The molecule has 2 atom stereocenters. The Kier molecular flexibility index (Phi) is 5.08. The van der Waals surface area contributed by atoms with Gasteiger partial charge in [-0.25, -0.2) is 9.59 Å². The van der Waals surface area contributed by atoms with Crippen molar-refractivity contribution >= 4 is 17.6 Å². The highest BCUT2D eigenvalue weighted by Crippen LogP contribution is 2.41. The van der Waals surface area contributed by atoms with Gasteiger partial charge in [0.1, 0.15) is 23.7 Å². The topological polar surface area (TPSA) is 136 Å². The fraction of sp³-hybridized carbons (Fsp3) is 0.368. The van der Waals surface area contributed by atoms with Gasteiger partial charge >= 0.3 is 11.9 Å². The largest absolute Gasteiger partial charge is 0.512 e. The Hall–Kier alpha value is -3.36. The predicted octanol–water partition coefficient (Wildman–Crippen LogP) is 2.97. The van der Waals surface area contributed by atoms with Gasteiger partial charge in [0.15, 0.2) is 0 Å². The minimum absolute atomic E-state index is 0.0457. The van der Waals surface area contributed by atoms with Gasteiger partial charge in [-0.1, -0.05) is 12.1 Å². The van der Waals surface area contributed by atoms with E-state index in [-0.39, 0.29) is 41.2 Å². The highest BCUT2D eigenvalue weighted by atomic mass is 16.6. The highest BCUT2D eigenvalue weighted by Gasteiger charge is 2.41. The van der Waals surface area contributed by atoms with E-state index in [2.05, 4.69) is 0 Å². The first-order valence-electron chi connectivity index (χ1n) is 8.69. The summed E-state index contributed by atoms with van der Waals surface area (Å²) in [7, 11) is 0. The molecular weight excluding hydrogens is 370 g/mol. The van der Waals surface area contributed by atoms with Gasteiger partial charge in [0.25, 0.3) is 5.69 Å². The van der Waals surface area contributed by atoms with Crippen molar-refractivity contribution in [2.75, 3.05) is 0 Å². The average Bonchev–Trinajstić information content (AvgIpc) is 2.58. The molecule has 0 spiro atoms. The van der Waals surface area contributed by atoms with Gasteiger partial charge in [-0.2, -0.15) is 0 Å². The number of nitro groups is 1. The number of nitro benzene ring substituents is 1. The quantitative estimate of drug-likeness (QED) is 0.456. The van der Waals surface area contributed by atoms with E-state index < -0.39 is 35.0 Å². The number of hydrogen-bond donors (Lipinski definition) is 2. The lowest BCUT2D eigenvalue weighted by Crippen LogP contribution is -2.33. The Balaban J connectivity index is 2.19. The van der Waals surface area contributed by atoms with Crippen LogP contribution in [-0.2, 0) is 19.1 Å². The Labute approximate surface area is 160 Å². The second-order valence-corrected chi connectivity index (χ2v) is 6.84. The summed E-state index contributed by atoms with van der Waals surface area (Å²) in [4.78, 5) is 35.4. The fourth-order valence-electron chi connectivity index (χ4n) is 3.41. The molecule has 0 fully saturated rings. The molecule has 0 saturated carbocycles. The molecule has 2 N–H and O–H groups in total. The molecule has 0 radical (unpaired) electrons. The zero-order valence-corrected chi connectivity index (χ0v) is 15.2. The standard InChI is InChI=1S/C19H19NO8/c1-9-7-13(21)16(18(23)27-9)15(11-3-5-12(6-4-11)20(25)26)17-14(22)8-10(2)28-19(17)24/h3-6,9-10,15,21-22H,7-8H2,1-2H3. The zero-order valence-electron chi connectivity index (χ0n) is 15.2. The molecule has 2 heterocycles. The van der Waals surface area contributed by atoms with Crippen LogP contribution in [-0.4, -0.2) is 39.3 Å². The number of non-ortho nitro benzene ring substituents is 1. The lowest BCUT2D eigenvalue weighted by Gasteiger charge is -2.31. The van der Waals surface area contributed by atoms with Crippen LogP contribution in [0.15, 0.2) is 46.9 Å². The van der Waals surface area contributed by atoms with Crippen LogP contribution in [0.25, 0.3) is 0 Å². The molecule has 2 aliphatic heterocycles. The Morgan fingerprint density at radius 3 is 1.75 bits per heavy atom. The van der Waals surface area contributed by atoms with E-state index in [4.69, 9.17) is 9.47 Å². The summed E-state index contributed by atoms with van der Waals surface area (Å²) in [5.41, 5.74) is -0.273. The Morgan fingerprint density at radius 1 is 0.964 bits per heavy atom. The minimum atomic E-state index is -1.18. The van der Waals surface area contributed by atoms with Gasteiger partial charge in [-0.3, -0.25) is 10.1 Å². The van der Waals surface area contributed by atoms with E-state index in [0.29, 0.717) is 5.56 Å². The molecule has 2 aliphatic rings. The molecule has 1 aromatic carbocycles. The first-order chi connectivity index (χ1) is 13.2. The summed E-state index contributed by atoms with van der Waals surface area (Å²) in [6.45, 7) is 3.22. The van der Waals surface area contributed by atoms with Crippen LogP contribution in [0.1, 0.15) is 38.2 Å². The summed E-state index contributed by atoms with van der Waals surface area (Å²) in [5, 5.41) is 31.8. The Morgan fingerprint density at radius 2 is 1.39 bits per heavy atom. The lowest BCUT2D eigenvalue weighted by molar-refractivity contribution is -0.384. The third-order valence-corrected chi connectivity index (χ3v) is 4.65. The lowest BCUT2D eigenvalue weighted by atomic mass is 9.80. The maximum atomic E-state index is 12.5. The molecule has 0 saturated heterocycles. The first-order valence-corrected chi connectivity index (χ1v) is 8.69. The molecule has 1 aromatic rings. The van der Waals surface area contributed by atoms with E-state index in [1.807, 2.05) is 0 Å². The van der Waals surface area contributed by atoms with Crippen LogP contribution in [0.4, 0.5) is 5.69 Å². The summed E-state index contributed by atoms with van der Waals surface area (Å²) in [6, 6.07) is 5.15. The molecule has 148 valence electrons. The number of carbonyl (C=O) groups excluding carboxylic acids is 2. The minimum Gasteiger partial charge on any atom is -0.512 e. The van der Waals surface area contributed by atoms with Crippen LogP contribution in [0.5, 0.6) is 0 Å². The highest BCUT2D eigenvalue weighted by molar-refractivity contribution is 5.99. The molecule has 0 aliphatic carbocycles. The van der Waals surface area contributed by atoms with Crippen molar-refractivity contribution in [3.63, 3.8) is 0 Å². The van der Waals surface area contributed by atoms with Crippen molar-refractivity contribution in [2.24, 2.45) is 0 Å². The fourth-order valence-corrected chi connectivity index (χ4v) is 3.41. The van der Waals surface area contributed by atoms with Crippen molar-refractivity contribution in [1.29, 1.82) is 0 Å². The number of rotatable bonds is 4. The van der Waals surface area contributed by atoms with E-state index in [0.717, 1.165) is 0 Å². The van der Waals surface area contributed by atoms with Crippen molar-refractivity contribution in [1.82, 2.24) is 0 Å². The summed E-state index contributed by atoms with van der Waals surface area (Å²) in [5.74, 6) is -3.36. The van der Waals surface area contributed by atoms with Gasteiger partial charge in [0, 0.05) is 25.0 Å². The molecule has 9 heteroatoms. The molecule has 0 amide bonds. The predicted molar refractivity (Wildman–Crippen MR) is 95.5 cm³/mol. The number of carbonyl (C=O) groups is 2. The van der Waals surface area contributed by atoms with Crippen molar-refractivity contribution in [2.45, 2.75) is 44.8 Å². The van der Waals surface area contributed by atoms with E-state index in [1.54, 1.807) is 13.8 Å². The van der Waals surface area contributed by atoms with Crippen molar-refractivity contribution in [3.05, 3.63) is 62.6 Å². The number of benzene rings is 1. The Bertz CT molecular complexity index is 853. The number of ether oxygens (including phenoxy) is 2. The van der Waals surface area contributed by atoms with Crippen LogP contribution in [0, 0.1) is 10.1 Å². The van der Waals surface area contributed by atoms with Crippen LogP contribution in [0.2, 0.25) is 0 Å². The van der Waals surface area contributed by atoms with Gasteiger partial charge in [-0.15, -0.1) is 0 Å². The van der Waals surface area contributed by atoms with Crippen LogP contribution < -0.4 is 0 Å². The van der Waals surface area contributed by atoms with Crippen molar-refractivity contribution in [3.8, 4) is 0 Å². The van der Waals surface area contributed by atoms with E-state index in [1.165, 1.54) is 24.3 Å². The van der Waals surface area contributed by atoms with Gasteiger partial charge in [0.2, 0.25) is 0 Å². The molecule has 0 aromatic heterocycles. The second-order valence-electron chi connectivity index (χ2n) is 6.84.